The third kappa shape index (κ3) is 3.78. The molecule has 0 bridgehead atoms. The number of hydrogen-bond acceptors (Lipinski definition) is 6. The maximum atomic E-state index is 11.8. The maximum Gasteiger partial charge on any atom is 0.427 e. The van der Waals surface area contributed by atoms with Gasteiger partial charge in [0.25, 0.3) is 0 Å². The molecule has 3 rings (SSSR count). The molecule has 1 amide bonds. The average Bonchev–Trinajstić information content (AvgIpc) is 2.57. The van der Waals surface area contributed by atoms with Gasteiger partial charge >= 0.3 is 6.09 Å². The van der Waals surface area contributed by atoms with E-state index in [1.807, 2.05) is 35.3 Å². The highest BCUT2D eigenvalue weighted by Crippen LogP contribution is 2.15. The van der Waals surface area contributed by atoms with Crippen LogP contribution in [-0.4, -0.2) is 47.2 Å². The molecule has 2 N–H and O–H groups in total. The molecule has 0 spiro atoms. The van der Waals surface area contributed by atoms with Crippen molar-refractivity contribution in [2.75, 3.05) is 26.2 Å². The van der Waals surface area contributed by atoms with Gasteiger partial charge < -0.3 is 10.1 Å². The molecular formula is C15H17N5O2. The van der Waals surface area contributed by atoms with Crippen LogP contribution in [0.4, 0.5) is 4.79 Å². The molecule has 1 aromatic carbocycles. The van der Waals surface area contributed by atoms with E-state index in [0.29, 0.717) is 11.6 Å². The number of carbonyl (C=O) groups excluding carboxylic acids is 1. The summed E-state index contributed by atoms with van der Waals surface area (Å²) in [5.41, 5.74) is 3.61. The monoisotopic (exact) mass is 299 g/mol. The quantitative estimate of drug-likeness (QED) is 0.882. The second-order valence-corrected chi connectivity index (χ2v) is 4.85. The normalized spacial score (nSPS) is 15.3. The summed E-state index contributed by atoms with van der Waals surface area (Å²) in [6.07, 6.45) is 2.46. The Bertz CT molecular complexity index is 612. The minimum atomic E-state index is -0.530. The number of nitrogens with zero attached hydrogens (tertiary/aromatic N) is 3. The Morgan fingerprint density at radius 1 is 1.14 bits per heavy atom. The van der Waals surface area contributed by atoms with Crippen LogP contribution in [0.1, 0.15) is 0 Å². The number of amides is 1. The van der Waals surface area contributed by atoms with Gasteiger partial charge in [-0.1, -0.05) is 30.3 Å². The molecule has 22 heavy (non-hydrogen) atoms. The number of hydrazine groups is 1. The van der Waals surface area contributed by atoms with Gasteiger partial charge in [0.1, 0.15) is 0 Å². The predicted octanol–water partition coefficient (Wildman–Crippen LogP) is 1.05. The SMILES string of the molecule is O=C(NN1CCNCC1)Oc1cnc(-c2ccccc2)nc1. The molecule has 1 saturated heterocycles. The van der Waals surface area contributed by atoms with Crippen LogP contribution in [0, 0.1) is 0 Å². The largest absolute Gasteiger partial charge is 0.427 e. The molecule has 1 fully saturated rings. The van der Waals surface area contributed by atoms with Crippen LogP contribution in [0.15, 0.2) is 42.7 Å². The summed E-state index contributed by atoms with van der Waals surface area (Å²) in [6, 6.07) is 9.62. The summed E-state index contributed by atoms with van der Waals surface area (Å²) < 4.78 is 5.17. The highest BCUT2D eigenvalue weighted by Gasteiger charge is 2.14. The number of aromatic nitrogens is 2. The molecule has 7 heteroatoms. The lowest BCUT2D eigenvalue weighted by molar-refractivity contribution is 0.134. The van der Waals surface area contributed by atoms with Crippen molar-refractivity contribution in [3.05, 3.63) is 42.7 Å². The molecule has 1 aromatic heterocycles. The molecule has 2 aromatic rings. The van der Waals surface area contributed by atoms with E-state index in [4.69, 9.17) is 4.74 Å². The van der Waals surface area contributed by atoms with Gasteiger partial charge in [0.2, 0.25) is 0 Å². The van der Waals surface area contributed by atoms with Crippen LogP contribution >= 0.6 is 0 Å². The molecule has 1 aliphatic heterocycles. The zero-order valence-electron chi connectivity index (χ0n) is 12.0. The van der Waals surface area contributed by atoms with Gasteiger partial charge in [-0.2, -0.15) is 0 Å². The van der Waals surface area contributed by atoms with Gasteiger partial charge in [0.15, 0.2) is 11.6 Å². The van der Waals surface area contributed by atoms with Gasteiger partial charge in [-0.05, 0) is 0 Å². The zero-order valence-corrected chi connectivity index (χ0v) is 12.0. The standard InChI is InChI=1S/C15H17N5O2/c21-15(19-20-8-6-16-7-9-20)22-13-10-17-14(18-11-13)12-4-2-1-3-5-12/h1-5,10-11,16H,6-9H2,(H,19,21). The molecule has 0 saturated carbocycles. The molecule has 7 nitrogen and oxygen atoms in total. The van der Waals surface area contributed by atoms with E-state index in [-0.39, 0.29) is 0 Å². The summed E-state index contributed by atoms with van der Waals surface area (Å²) in [4.78, 5) is 20.2. The maximum absolute atomic E-state index is 11.8. The number of ether oxygens (including phenoxy) is 1. The van der Waals surface area contributed by atoms with Crippen LogP contribution < -0.4 is 15.5 Å². The average molecular weight is 299 g/mol. The van der Waals surface area contributed by atoms with Gasteiger partial charge in [0.05, 0.1) is 12.4 Å². The Labute approximate surface area is 128 Å². The molecule has 0 aliphatic carbocycles. The Balaban J connectivity index is 1.57. The van der Waals surface area contributed by atoms with Crippen molar-refractivity contribution in [3.8, 4) is 17.1 Å². The first-order valence-electron chi connectivity index (χ1n) is 7.13. The summed E-state index contributed by atoms with van der Waals surface area (Å²) in [7, 11) is 0. The Morgan fingerprint density at radius 2 is 1.82 bits per heavy atom. The van der Waals surface area contributed by atoms with E-state index in [0.717, 1.165) is 31.7 Å². The summed E-state index contributed by atoms with van der Waals surface area (Å²) in [6.45, 7) is 3.18. The number of benzene rings is 1. The number of piperazine rings is 1. The van der Waals surface area contributed by atoms with Crippen LogP contribution in [0.2, 0.25) is 0 Å². The van der Waals surface area contributed by atoms with Crippen LogP contribution in [0.3, 0.4) is 0 Å². The van der Waals surface area contributed by atoms with Crippen molar-refractivity contribution in [3.63, 3.8) is 0 Å². The molecule has 2 heterocycles. The van der Waals surface area contributed by atoms with Crippen molar-refractivity contribution < 1.29 is 9.53 Å². The van der Waals surface area contributed by atoms with Crippen molar-refractivity contribution in [2.24, 2.45) is 0 Å². The first kappa shape index (κ1) is 14.4. The van der Waals surface area contributed by atoms with Crippen molar-refractivity contribution >= 4 is 6.09 Å². The fourth-order valence-electron chi connectivity index (χ4n) is 2.14. The van der Waals surface area contributed by atoms with Crippen molar-refractivity contribution in [1.29, 1.82) is 0 Å². The van der Waals surface area contributed by atoms with E-state index < -0.39 is 6.09 Å². The number of hydrogen-bond donors (Lipinski definition) is 2. The Morgan fingerprint density at radius 3 is 2.50 bits per heavy atom. The second-order valence-electron chi connectivity index (χ2n) is 4.85. The van der Waals surface area contributed by atoms with Crippen LogP contribution in [0.25, 0.3) is 11.4 Å². The van der Waals surface area contributed by atoms with Gasteiger partial charge in [-0.25, -0.2) is 19.8 Å². The Kier molecular flexibility index (Phi) is 4.57. The topological polar surface area (TPSA) is 79.4 Å². The third-order valence-corrected chi connectivity index (χ3v) is 3.24. The molecule has 0 radical (unpaired) electrons. The van der Waals surface area contributed by atoms with E-state index in [1.165, 1.54) is 12.4 Å². The highest BCUT2D eigenvalue weighted by atomic mass is 16.6. The van der Waals surface area contributed by atoms with Gasteiger partial charge in [0, 0.05) is 31.7 Å². The Hall–Kier alpha value is -2.51. The lowest BCUT2D eigenvalue weighted by atomic mass is 10.2. The third-order valence-electron chi connectivity index (χ3n) is 3.24. The molecule has 114 valence electrons. The first-order chi connectivity index (χ1) is 10.8. The zero-order chi connectivity index (χ0) is 15.2. The lowest BCUT2D eigenvalue weighted by Crippen LogP contribution is -2.52. The highest BCUT2D eigenvalue weighted by molar-refractivity contribution is 5.69. The molecule has 0 unspecified atom stereocenters. The minimum absolute atomic E-state index is 0.312. The number of rotatable bonds is 3. The van der Waals surface area contributed by atoms with E-state index in [2.05, 4.69) is 20.7 Å². The smallest absolute Gasteiger partial charge is 0.406 e. The van der Waals surface area contributed by atoms with Crippen molar-refractivity contribution in [2.45, 2.75) is 0 Å². The van der Waals surface area contributed by atoms with Crippen LogP contribution in [0.5, 0.6) is 5.75 Å². The number of nitrogens with one attached hydrogen (secondary N) is 2. The first-order valence-corrected chi connectivity index (χ1v) is 7.13. The fourth-order valence-corrected chi connectivity index (χ4v) is 2.14. The van der Waals surface area contributed by atoms with E-state index in [9.17, 15) is 4.79 Å². The summed E-state index contributed by atoms with van der Waals surface area (Å²) in [5, 5.41) is 5.02. The van der Waals surface area contributed by atoms with Gasteiger partial charge in [-0.15, -0.1) is 0 Å². The number of carbonyl (C=O) groups is 1. The van der Waals surface area contributed by atoms with E-state index in [1.54, 1.807) is 0 Å². The fraction of sp³-hybridized carbons (Fsp3) is 0.267. The molecular weight excluding hydrogens is 282 g/mol. The molecule has 0 atom stereocenters. The second kappa shape index (κ2) is 6.97. The van der Waals surface area contributed by atoms with Crippen LogP contribution in [-0.2, 0) is 0 Å². The minimum Gasteiger partial charge on any atom is -0.406 e. The lowest BCUT2D eigenvalue weighted by Gasteiger charge is -2.26. The van der Waals surface area contributed by atoms with Gasteiger partial charge in [-0.3, -0.25) is 5.43 Å². The summed E-state index contributed by atoms with van der Waals surface area (Å²) in [5.74, 6) is 0.905. The predicted molar refractivity (Wildman–Crippen MR) is 81.1 cm³/mol. The summed E-state index contributed by atoms with van der Waals surface area (Å²) >= 11 is 0. The van der Waals surface area contributed by atoms with E-state index >= 15 is 0 Å². The molecule has 1 aliphatic rings. The van der Waals surface area contributed by atoms with Crippen molar-refractivity contribution in [1.82, 2.24) is 25.7 Å².